The Kier molecular flexibility index (Phi) is 5.12. The first-order valence-electron chi connectivity index (χ1n) is 7.60. The number of benzene rings is 1. The summed E-state index contributed by atoms with van der Waals surface area (Å²) in [4.78, 5) is 22.5. The molecule has 0 unspecified atom stereocenters. The van der Waals surface area contributed by atoms with Gasteiger partial charge in [-0.2, -0.15) is 5.10 Å². The van der Waals surface area contributed by atoms with Crippen molar-refractivity contribution in [1.82, 2.24) is 15.2 Å². The third kappa shape index (κ3) is 3.77. The highest BCUT2D eigenvalue weighted by Gasteiger charge is 2.25. The number of nitro groups is 1. The second kappa shape index (κ2) is 7.50. The van der Waals surface area contributed by atoms with Crippen molar-refractivity contribution in [1.29, 1.82) is 0 Å². The molecular weight excluding hydrogens is 382 g/mol. The molecule has 1 aromatic carbocycles. The minimum absolute atomic E-state index is 0.111. The maximum Gasteiger partial charge on any atom is 0.350 e. The number of fused-ring (bicyclic) bond motifs is 1. The summed E-state index contributed by atoms with van der Waals surface area (Å²) in [6, 6.07) is 2.35. The van der Waals surface area contributed by atoms with E-state index < -0.39 is 16.9 Å². The molecular formula is C15H14ClN5O6. The van der Waals surface area contributed by atoms with Crippen LogP contribution in [0.25, 0.3) is 0 Å². The van der Waals surface area contributed by atoms with Crippen molar-refractivity contribution in [3.8, 4) is 17.4 Å². The predicted octanol–water partition coefficient (Wildman–Crippen LogP) is 1.89. The maximum absolute atomic E-state index is 12.2. The summed E-state index contributed by atoms with van der Waals surface area (Å²) in [6.45, 7) is 1.62. The van der Waals surface area contributed by atoms with Crippen molar-refractivity contribution in [3.63, 3.8) is 0 Å². The Morgan fingerprint density at radius 3 is 2.85 bits per heavy atom. The Labute approximate surface area is 157 Å². The van der Waals surface area contributed by atoms with E-state index in [0.29, 0.717) is 22.1 Å². The number of aromatic nitrogens is 2. The lowest BCUT2D eigenvalue weighted by Crippen LogP contribution is -2.27. The van der Waals surface area contributed by atoms with Crippen molar-refractivity contribution in [3.05, 3.63) is 39.0 Å². The number of rotatable bonds is 6. The first kappa shape index (κ1) is 18.5. The van der Waals surface area contributed by atoms with E-state index in [4.69, 9.17) is 25.8 Å². The number of hydrazone groups is 1. The zero-order valence-electron chi connectivity index (χ0n) is 14.2. The van der Waals surface area contributed by atoms with Crippen LogP contribution in [0, 0.1) is 10.1 Å². The van der Waals surface area contributed by atoms with Gasteiger partial charge in [-0.3, -0.25) is 14.9 Å². The Hall–Kier alpha value is -3.34. The Morgan fingerprint density at radius 1 is 1.52 bits per heavy atom. The number of methoxy groups -OCH3 is 1. The number of nitrogens with zero attached hydrogens (tertiary/aromatic N) is 4. The normalized spacial score (nSPS) is 13.6. The van der Waals surface area contributed by atoms with Gasteiger partial charge in [0.25, 0.3) is 5.91 Å². The third-order valence-corrected chi connectivity index (χ3v) is 4.04. The minimum atomic E-state index is -0.864. The first-order chi connectivity index (χ1) is 12.9. The molecule has 1 aliphatic rings. The first-order valence-corrected chi connectivity index (χ1v) is 7.98. The van der Waals surface area contributed by atoms with E-state index in [1.165, 1.54) is 20.2 Å². The Balaban J connectivity index is 1.69. The van der Waals surface area contributed by atoms with Gasteiger partial charge in [0.15, 0.2) is 11.5 Å². The molecule has 12 heteroatoms. The smallest absolute Gasteiger partial charge is 0.350 e. The van der Waals surface area contributed by atoms with Gasteiger partial charge in [-0.15, -0.1) is 5.10 Å². The number of carbonyl (C=O) groups is 1. The largest absolute Gasteiger partial charge is 0.475 e. The van der Waals surface area contributed by atoms with Gasteiger partial charge in [0, 0.05) is 11.6 Å². The molecule has 2 aromatic rings. The number of hydrogen-bond acceptors (Lipinski definition) is 8. The molecule has 3 rings (SSSR count). The topological polar surface area (TPSA) is 130 Å². The lowest BCUT2D eigenvalue weighted by molar-refractivity contribution is -0.385. The number of amides is 1. The van der Waals surface area contributed by atoms with E-state index in [-0.39, 0.29) is 18.4 Å². The second-order valence-corrected chi connectivity index (χ2v) is 5.81. The number of hydrogen-bond donors (Lipinski definition) is 1. The number of ether oxygens (including phenoxy) is 3. The van der Waals surface area contributed by atoms with Gasteiger partial charge in [-0.25, -0.2) is 10.1 Å². The van der Waals surface area contributed by atoms with Crippen molar-refractivity contribution < 1.29 is 23.9 Å². The summed E-state index contributed by atoms with van der Waals surface area (Å²) in [7, 11) is 1.25. The number of carbonyl (C=O) groups excluding carboxylic acids is 1. The van der Waals surface area contributed by atoms with E-state index >= 15 is 0 Å². The van der Waals surface area contributed by atoms with Gasteiger partial charge in [0.05, 0.1) is 23.3 Å². The highest BCUT2D eigenvalue weighted by molar-refractivity contribution is 6.33. The molecule has 1 atom stereocenters. The fraction of sp³-hybridized carbons (Fsp3) is 0.267. The van der Waals surface area contributed by atoms with Crippen molar-refractivity contribution in [2.24, 2.45) is 5.10 Å². The highest BCUT2D eigenvalue weighted by Crippen LogP contribution is 2.36. The summed E-state index contributed by atoms with van der Waals surface area (Å²) < 4.78 is 16.4. The molecule has 2 heterocycles. The summed E-state index contributed by atoms with van der Waals surface area (Å²) >= 11 is 6.12. The van der Waals surface area contributed by atoms with Crippen LogP contribution in [0.5, 0.6) is 17.4 Å². The highest BCUT2D eigenvalue weighted by atomic mass is 35.5. The average Bonchev–Trinajstić information content (AvgIpc) is 3.27. The molecule has 0 fully saturated rings. The maximum atomic E-state index is 12.2. The van der Waals surface area contributed by atoms with E-state index in [0.717, 1.165) is 10.9 Å². The van der Waals surface area contributed by atoms with Crippen molar-refractivity contribution in [2.75, 3.05) is 13.9 Å². The van der Waals surface area contributed by atoms with Crippen molar-refractivity contribution in [2.45, 2.75) is 13.0 Å². The Morgan fingerprint density at radius 2 is 2.22 bits per heavy atom. The van der Waals surface area contributed by atoms with Gasteiger partial charge in [0.1, 0.15) is 12.2 Å². The second-order valence-electron chi connectivity index (χ2n) is 5.40. The average molecular weight is 396 g/mol. The standard InChI is InChI=1S/C15H14ClN5O6/c1-8(20-6-11(21(23)24)15(19-20)25-2)14(22)18-17-5-9-3-12-13(4-10(9)16)27-7-26-12/h3-6,8H,7H2,1-2H3,(H,18,22)/b17-5-/t8-/m1/s1. The monoisotopic (exact) mass is 395 g/mol. The fourth-order valence-corrected chi connectivity index (χ4v) is 2.45. The van der Waals surface area contributed by atoms with Gasteiger partial charge in [-0.1, -0.05) is 11.6 Å². The van der Waals surface area contributed by atoms with Gasteiger partial charge < -0.3 is 14.2 Å². The molecule has 0 radical (unpaired) electrons. The lowest BCUT2D eigenvalue weighted by Gasteiger charge is -2.09. The Bertz CT molecular complexity index is 928. The SMILES string of the molecule is COc1nn([C@H](C)C(=O)N/N=C\c2cc3c(cc2Cl)OCO3)cc1[N+](=O)[O-]. The molecule has 0 bridgehead atoms. The van der Waals surface area contributed by atoms with Gasteiger partial charge in [-0.05, 0) is 13.0 Å². The molecule has 0 saturated carbocycles. The summed E-state index contributed by atoms with van der Waals surface area (Å²) in [6.07, 6.45) is 2.46. The summed E-state index contributed by atoms with van der Waals surface area (Å²) in [5.74, 6) is 0.332. The number of nitrogens with one attached hydrogen (secondary N) is 1. The van der Waals surface area contributed by atoms with Crippen LogP contribution in [-0.2, 0) is 4.79 Å². The van der Waals surface area contributed by atoms with Crippen LogP contribution >= 0.6 is 11.6 Å². The number of halogens is 1. The van der Waals surface area contributed by atoms with E-state index in [2.05, 4.69) is 15.6 Å². The molecule has 11 nitrogen and oxygen atoms in total. The van der Waals surface area contributed by atoms with E-state index in [9.17, 15) is 14.9 Å². The molecule has 1 amide bonds. The molecule has 0 spiro atoms. The molecule has 1 aromatic heterocycles. The molecule has 0 aliphatic carbocycles. The van der Waals surface area contributed by atoms with Gasteiger partial charge in [0.2, 0.25) is 6.79 Å². The molecule has 142 valence electrons. The molecule has 1 N–H and O–H groups in total. The quantitative estimate of drug-likeness (QED) is 0.449. The zero-order chi connectivity index (χ0) is 19.6. The van der Waals surface area contributed by atoms with E-state index in [1.807, 2.05) is 0 Å². The van der Waals surface area contributed by atoms with Crippen LogP contribution in [0.4, 0.5) is 5.69 Å². The molecule has 27 heavy (non-hydrogen) atoms. The fourth-order valence-electron chi connectivity index (χ4n) is 2.25. The van der Waals surface area contributed by atoms with Crippen LogP contribution in [0.1, 0.15) is 18.5 Å². The lowest BCUT2D eigenvalue weighted by atomic mass is 10.2. The van der Waals surface area contributed by atoms with Crippen LogP contribution in [0.3, 0.4) is 0 Å². The summed E-state index contributed by atoms with van der Waals surface area (Å²) in [5.41, 5.74) is 2.51. The van der Waals surface area contributed by atoms with Gasteiger partial charge >= 0.3 is 11.6 Å². The van der Waals surface area contributed by atoms with Crippen molar-refractivity contribution >= 4 is 29.4 Å². The minimum Gasteiger partial charge on any atom is -0.475 e. The summed E-state index contributed by atoms with van der Waals surface area (Å²) in [5, 5.41) is 19.0. The van der Waals surface area contributed by atoms with Crippen LogP contribution in [0.2, 0.25) is 5.02 Å². The van der Waals surface area contributed by atoms with Crippen LogP contribution in [-0.4, -0.2) is 40.7 Å². The molecule has 0 saturated heterocycles. The molecule has 1 aliphatic heterocycles. The predicted molar refractivity (Wildman–Crippen MR) is 93.5 cm³/mol. The van der Waals surface area contributed by atoms with Crippen LogP contribution in [0.15, 0.2) is 23.4 Å². The third-order valence-electron chi connectivity index (χ3n) is 3.72. The zero-order valence-corrected chi connectivity index (χ0v) is 15.0. The van der Waals surface area contributed by atoms with E-state index in [1.54, 1.807) is 12.1 Å². The van der Waals surface area contributed by atoms with Crippen LogP contribution < -0.4 is 19.6 Å².